The van der Waals surface area contributed by atoms with Crippen molar-refractivity contribution in [2.75, 3.05) is 59.9 Å². The molecule has 0 aromatic heterocycles. The molecule has 2 rings (SSSR count). The maximum Gasteiger partial charge on any atom is 0.123 e. The molecular formula is C16H27FN4. The van der Waals surface area contributed by atoms with Crippen LogP contribution in [0.1, 0.15) is 11.6 Å². The lowest BCUT2D eigenvalue weighted by Gasteiger charge is -2.36. The minimum Gasteiger partial charge on any atom is -0.323 e. The van der Waals surface area contributed by atoms with Gasteiger partial charge in [-0.05, 0) is 31.8 Å². The quantitative estimate of drug-likeness (QED) is 0.849. The third kappa shape index (κ3) is 5.36. The van der Waals surface area contributed by atoms with Crippen molar-refractivity contribution < 1.29 is 4.39 Å². The van der Waals surface area contributed by atoms with E-state index < -0.39 is 0 Å². The smallest absolute Gasteiger partial charge is 0.123 e. The van der Waals surface area contributed by atoms with Crippen molar-refractivity contribution in [2.45, 2.75) is 6.04 Å². The highest BCUT2D eigenvalue weighted by molar-refractivity contribution is 5.20. The molecule has 0 aliphatic carbocycles. The van der Waals surface area contributed by atoms with Gasteiger partial charge in [0, 0.05) is 51.9 Å². The van der Waals surface area contributed by atoms with Crippen LogP contribution in [0.25, 0.3) is 0 Å². The summed E-state index contributed by atoms with van der Waals surface area (Å²) in [5.41, 5.74) is 7.08. The molecule has 0 amide bonds. The molecule has 2 N–H and O–H groups in total. The van der Waals surface area contributed by atoms with Gasteiger partial charge in [-0.25, -0.2) is 4.39 Å². The molecule has 1 atom stereocenters. The molecule has 1 saturated heterocycles. The number of hydrogen-bond donors (Lipinski definition) is 1. The average molecular weight is 294 g/mol. The van der Waals surface area contributed by atoms with Crippen molar-refractivity contribution in [1.82, 2.24) is 14.7 Å². The summed E-state index contributed by atoms with van der Waals surface area (Å²) in [5, 5.41) is 0. The van der Waals surface area contributed by atoms with Crippen molar-refractivity contribution >= 4 is 0 Å². The number of likely N-dealkylation sites (N-methyl/N-ethyl adjacent to an activating group) is 1. The van der Waals surface area contributed by atoms with Gasteiger partial charge in [-0.3, -0.25) is 9.80 Å². The molecule has 0 radical (unpaired) electrons. The predicted octanol–water partition coefficient (Wildman–Crippen LogP) is 1.00. The fourth-order valence-electron chi connectivity index (χ4n) is 2.66. The molecule has 0 bridgehead atoms. The van der Waals surface area contributed by atoms with Gasteiger partial charge in [-0.1, -0.05) is 12.1 Å². The van der Waals surface area contributed by atoms with Gasteiger partial charge >= 0.3 is 0 Å². The fraction of sp³-hybridized carbons (Fsp3) is 0.625. The lowest BCUT2D eigenvalue weighted by Crippen LogP contribution is -2.49. The van der Waals surface area contributed by atoms with Gasteiger partial charge in [0.15, 0.2) is 0 Å². The first-order valence-electron chi connectivity index (χ1n) is 7.65. The second-order valence-corrected chi connectivity index (χ2v) is 6.11. The summed E-state index contributed by atoms with van der Waals surface area (Å²) in [6, 6.07) is 6.51. The molecule has 5 heteroatoms. The van der Waals surface area contributed by atoms with Gasteiger partial charge in [0.2, 0.25) is 0 Å². The summed E-state index contributed by atoms with van der Waals surface area (Å²) in [6.45, 7) is 7.27. The number of nitrogens with two attached hydrogens (primary N) is 1. The maximum atomic E-state index is 13.2. The summed E-state index contributed by atoms with van der Waals surface area (Å²) in [4.78, 5) is 7.08. The zero-order valence-corrected chi connectivity index (χ0v) is 13.1. The summed E-state index contributed by atoms with van der Waals surface area (Å²) in [5.74, 6) is -0.212. The minimum absolute atomic E-state index is 0.117. The molecule has 118 valence electrons. The highest BCUT2D eigenvalue weighted by Gasteiger charge is 2.19. The Morgan fingerprint density at radius 1 is 1.19 bits per heavy atom. The lowest BCUT2D eigenvalue weighted by molar-refractivity contribution is 0.120. The number of nitrogens with zero attached hydrogens (tertiary/aromatic N) is 3. The molecule has 1 heterocycles. The normalized spacial score (nSPS) is 19.1. The van der Waals surface area contributed by atoms with Crippen LogP contribution in [0, 0.1) is 5.82 Å². The van der Waals surface area contributed by atoms with Gasteiger partial charge in [0.25, 0.3) is 0 Å². The summed E-state index contributed by atoms with van der Waals surface area (Å²) in [7, 11) is 4.21. The van der Waals surface area contributed by atoms with Crippen molar-refractivity contribution in [2.24, 2.45) is 5.73 Å². The molecule has 1 fully saturated rings. The zero-order chi connectivity index (χ0) is 15.2. The second kappa shape index (κ2) is 7.84. The summed E-state index contributed by atoms with van der Waals surface area (Å²) < 4.78 is 13.2. The molecule has 4 nitrogen and oxygen atoms in total. The Balaban J connectivity index is 1.75. The van der Waals surface area contributed by atoms with Crippen LogP contribution >= 0.6 is 0 Å². The Morgan fingerprint density at radius 3 is 2.48 bits per heavy atom. The van der Waals surface area contributed by atoms with E-state index in [2.05, 4.69) is 28.8 Å². The van der Waals surface area contributed by atoms with Crippen LogP contribution in [0.4, 0.5) is 4.39 Å². The Bertz CT molecular complexity index is 430. The van der Waals surface area contributed by atoms with E-state index in [0.717, 1.165) is 51.4 Å². The fourth-order valence-corrected chi connectivity index (χ4v) is 2.66. The lowest BCUT2D eigenvalue weighted by atomic mass is 10.1. The standard InChI is InChI=1S/C16H27FN4/c1-19(2)6-7-20-8-10-21(11-9-20)13-16(18)14-4-3-5-15(17)12-14/h3-5,12,16H,6-11,13,18H2,1-2H3. The van der Waals surface area contributed by atoms with Crippen LogP contribution < -0.4 is 5.73 Å². The molecule has 0 spiro atoms. The second-order valence-electron chi connectivity index (χ2n) is 6.11. The van der Waals surface area contributed by atoms with Crippen molar-refractivity contribution in [3.05, 3.63) is 35.6 Å². The van der Waals surface area contributed by atoms with Gasteiger partial charge in [-0.2, -0.15) is 0 Å². The van der Waals surface area contributed by atoms with Gasteiger partial charge in [-0.15, -0.1) is 0 Å². The molecule has 1 aliphatic rings. The van der Waals surface area contributed by atoms with E-state index in [1.807, 2.05) is 6.07 Å². The third-order valence-corrected chi connectivity index (χ3v) is 4.06. The first kappa shape index (κ1) is 16.4. The van der Waals surface area contributed by atoms with Crippen molar-refractivity contribution in [1.29, 1.82) is 0 Å². The number of piperazine rings is 1. The first-order valence-corrected chi connectivity index (χ1v) is 7.65. The predicted molar refractivity (Wildman–Crippen MR) is 84.8 cm³/mol. The van der Waals surface area contributed by atoms with E-state index in [1.165, 1.54) is 12.1 Å². The van der Waals surface area contributed by atoms with Gasteiger partial charge in [0.05, 0.1) is 0 Å². The Labute approximate surface area is 127 Å². The highest BCUT2D eigenvalue weighted by atomic mass is 19.1. The summed E-state index contributed by atoms with van der Waals surface area (Å²) >= 11 is 0. The highest BCUT2D eigenvalue weighted by Crippen LogP contribution is 2.14. The van der Waals surface area contributed by atoms with E-state index in [0.29, 0.717) is 0 Å². The average Bonchev–Trinajstić information content (AvgIpc) is 2.46. The van der Waals surface area contributed by atoms with E-state index in [1.54, 1.807) is 6.07 Å². The van der Waals surface area contributed by atoms with Crippen LogP contribution in [-0.4, -0.2) is 74.6 Å². The largest absolute Gasteiger partial charge is 0.323 e. The van der Waals surface area contributed by atoms with Crippen molar-refractivity contribution in [3.8, 4) is 0 Å². The number of halogens is 1. The van der Waals surface area contributed by atoms with Crippen LogP contribution in [0.15, 0.2) is 24.3 Å². The molecule has 21 heavy (non-hydrogen) atoms. The molecule has 1 aromatic carbocycles. The topological polar surface area (TPSA) is 35.7 Å². The third-order valence-electron chi connectivity index (χ3n) is 4.06. The molecule has 0 saturated carbocycles. The van der Waals surface area contributed by atoms with Gasteiger partial charge in [0.1, 0.15) is 5.82 Å². The van der Waals surface area contributed by atoms with E-state index in [4.69, 9.17) is 5.73 Å². The Hall–Kier alpha value is -1.01. The number of rotatable bonds is 6. The summed E-state index contributed by atoms with van der Waals surface area (Å²) in [6.07, 6.45) is 0. The van der Waals surface area contributed by atoms with Crippen LogP contribution in [0.3, 0.4) is 0 Å². The number of hydrogen-bond acceptors (Lipinski definition) is 4. The SMILES string of the molecule is CN(C)CCN1CCN(CC(N)c2cccc(F)c2)CC1. The Kier molecular flexibility index (Phi) is 6.11. The molecular weight excluding hydrogens is 267 g/mol. The van der Waals surface area contributed by atoms with Gasteiger partial charge < -0.3 is 10.6 Å². The minimum atomic E-state index is -0.212. The molecule has 1 aliphatic heterocycles. The van der Waals surface area contributed by atoms with Crippen molar-refractivity contribution in [3.63, 3.8) is 0 Å². The monoisotopic (exact) mass is 294 g/mol. The first-order chi connectivity index (χ1) is 10.0. The van der Waals surface area contributed by atoms with E-state index in [9.17, 15) is 4.39 Å². The van der Waals surface area contributed by atoms with Crippen LogP contribution in [0.2, 0.25) is 0 Å². The maximum absolute atomic E-state index is 13.2. The Morgan fingerprint density at radius 2 is 1.86 bits per heavy atom. The van der Waals surface area contributed by atoms with Crippen LogP contribution in [0.5, 0.6) is 0 Å². The van der Waals surface area contributed by atoms with E-state index in [-0.39, 0.29) is 11.9 Å². The van der Waals surface area contributed by atoms with E-state index >= 15 is 0 Å². The van der Waals surface area contributed by atoms with Crippen LogP contribution in [-0.2, 0) is 0 Å². The molecule has 1 unspecified atom stereocenters. The zero-order valence-electron chi connectivity index (χ0n) is 13.1. The molecule has 1 aromatic rings. The number of benzene rings is 1.